The predicted octanol–water partition coefficient (Wildman–Crippen LogP) is 3.89. The first kappa shape index (κ1) is 15.6. The van der Waals surface area contributed by atoms with Crippen LogP contribution in [0.4, 0.5) is 5.69 Å². The molecule has 0 fully saturated rings. The smallest absolute Gasteiger partial charge is 0.262 e. The minimum absolute atomic E-state index is 0.119. The topological polar surface area (TPSA) is 72.0 Å². The number of hydrogen-bond acceptors (Lipinski definition) is 4. The number of nitrogens with one attached hydrogen (secondary N) is 1. The normalized spacial score (nSPS) is 11.4. The minimum Gasteiger partial charge on any atom is -0.274 e. The van der Waals surface area contributed by atoms with Crippen LogP contribution in [0.1, 0.15) is 0 Å². The van der Waals surface area contributed by atoms with Gasteiger partial charge in [-0.2, -0.15) is 0 Å². The first-order chi connectivity index (χ1) is 9.29. The number of nitrogens with zero attached hydrogens (tertiary/aromatic N) is 2. The number of halogens is 4. The van der Waals surface area contributed by atoms with Crippen LogP contribution in [-0.4, -0.2) is 18.4 Å². The average molecular weight is 373 g/mol. The Kier molecular flexibility index (Phi) is 4.61. The van der Waals surface area contributed by atoms with Crippen molar-refractivity contribution >= 4 is 62.1 Å². The van der Waals surface area contributed by atoms with E-state index >= 15 is 0 Å². The van der Waals surface area contributed by atoms with Crippen LogP contribution in [0.3, 0.4) is 0 Å². The van der Waals surface area contributed by atoms with Crippen LogP contribution < -0.4 is 4.72 Å². The summed E-state index contributed by atoms with van der Waals surface area (Å²) >= 11 is 23.1. The lowest BCUT2D eigenvalue weighted by Crippen LogP contribution is -2.14. The predicted molar refractivity (Wildman–Crippen MR) is 79.3 cm³/mol. The maximum absolute atomic E-state index is 12.2. The lowest BCUT2D eigenvalue weighted by Gasteiger charge is -2.10. The van der Waals surface area contributed by atoms with Crippen molar-refractivity contribution in [3.8, 4) is 0 Å². The second-order valence-electron chi connectivity index (χ2n) is 3.54. The summed E-state index contributed by atoms with van der Waals surface area (Å²) in [7, 11) is -3.97. The van der Waals surface area contributed by atoms with Crippen molar-refractivity contribution in [2.24, 2.45) is 0 Å². The van der Waals surface area contributed by atoms with Crippen LogP contribution >= 0.6 is 46.4 Å². The summed E-state index contributed by atoms with van der Waals surface area (Å²) in [5.41, 5.74) is -0.119. The van der Waals surface area contributed by atoms with E-state index in [2.05, 4.69) is 14.7 Å². The number of rotatable bonds is 3. The summed E-state index contributed by atoms with van der Waals surface area (Å²) in [4.78, 5) is 7.15. The molecule has 1 aromatic carbocycles. The van der Waals surface area contributed by atoms with E-state index < -0.39 is 10.0 Å². The Morgan fingerprint density at radius 1 is 0.900 bits per heavy atom. The molecule has 2 rings (SSSR count). The van der Waals surface area contributed by atoms with Gasteiger partial charge in [-0.05, 0) is 18.2 Å². The maximum atomic E-state index is 12.2. The molecule has 1 heterocycles. The number of anilines is 1. The molecule has 0 spiro atoms. The van der Waals surface area contributed by atoms with Crippen molar-refractivity contribution in [1.82, 2.24) is 9.97 Å². The first-order valence-electron chi connectivity index (χ1n) is 4.94. The Morgan fingerprint density at radius 2 is 1.40 bits per heavy atom. The van der Waals surface area contributed by atoms with Gasteiger partial charge >= 0.3 is 0 Å². The highest BCUT2D eigenvalue weighted by Crippen LogP contribution is 2.29. The second kappa shape index (κ2) is 5.91. The monoisotopic (exact) mass is 371 g/mol. The van der Waals surface area contributed by atoms with E-state index in [0.29, 0.717) is 0 Å². The molecule has 0 aliphatic rings. The SMILES string of the molecule is O=S(=O)(Nc1c(Cl)ncnc1Cl)c1cc(Cl)cc(Cl)c1. The number of hydrogen-bond donors (Lipinski definition) is 1. The lowest BCUT2D eigenvalue weighted by atomic mass is 10.4. The van der Waals surface area contributed by atoms with Gasteiger partial charge in [0, 0.05) is 10.0 Å². The summed E-state index contributed by atoms with van der Waals surface area (Å²) in [6, 6.07) is 3.89. The molecule has 106 valence electrons. The van der Waals surface area contributed by atoms with Crippen molar-refractivity contribution in [3.63, 3.8) is 0 Å². The van der Waals surface area contributed by atoms with Crippen molar-refractivity contribution in [2.75, 3.05) is 4.72 Å². The molecule has 0 saturated heterocycles. The fourth-order valence-corrected chi connectivity index (χ4v) is 3.63. The number of benzene rings is 1. The lowest BCUT2D eigenvalue weighted by molar-refractivity contribution is 0.601. The van der Waals surface area contributed by atoms with Gasteiger partial charge in [0.25, 0.3) is 10.0 Å². The van der Waals surface area contributed by atoms with Crippen LogP contribution in [-0.2, 0) is 10.0 Å². The number of aromatic nitrogens is 2. The maximum Gasteiger partial charge on any atom is 0.262 e. The van der Waals surface area contributed by atoms with Gasteiger partial charge in [0.2, 0.25) is 0 Å². The average Bonchev–Trinajstić information content (AvgIpc) is 2.33. The zero-order valence-corrected chi connectivity index (χ0v) is 13.3. The van der Waals surface area contributed by atoms with Gasteiger partial charge < -0.3 is 0 Å². The summed E-state index contributed by atoms with van der Waals surface area (Å²) < 4.78 is 26.6. The van der Waals surface area contributed by atoms with E-state index in [0.717, 1.165) is 6.33 Å². The Hall–Kier alpha value is -0.790. The van der Waals surface area contributed by atoms with Gasteiger partial charge in [0.15, 0.2) is 10.3 Å². The highest BCUT2D eigenvalue weighted by atomic mass is 35.5. The molecular formula is C10H5Cl4N3O2S. The van der Waals surface area contributed by atoms with E-state index in [4.69, 9.17) is 46.4 Å². The Labute approximate surface area is 134 Å². The zero-order chi connectivity index (χ0) is 14.9. The van der Waals surface area contributed by atoms with E-state index in [1.807, 2.05) is 0 Å². The van der Waals surface area contributed by atoms with E-state index in [1.54, 1.807) is 0 Å². The molecule has 10 heteroatoms. The van der Waals surface area contributed by atoms with Crippen LogP contribution in [0.25, 0.3) is 0 Å². The van der Waals surface area contributed by atoms with Gasteiger partial charge in [-0.3, -0.25) is 4.72 Å². The van der Waals surface area contributed by atoms with Crippen molar-refractivity contribution in [3.05, 3.63) is 44.9 Å². The van der Waals surface area contributed by atoms with Gasteiger partial charge in [-0.1, -0.05) is 46.4 Å². The minimum atomic E-state index is -3.97. The summed E-state index contributed by atoms with van der Waals surface area (Å²) in [5, 5.41) is 0.113. The highest BCUT2D eigenvalue weighted by molar-refractivity contribution is 7.92. The first-order valence-corrected chi connectivity index (χ1v) is 7.94. The van der Waals surface area contributed by atoms with Crippen LogP contribution in [0.15, 0.2) is 29.4 Å². The van der Waals surface area contributed by atoms with Gasteiger partial charge in [-0.15, -0.1) is 0 Å². The summed E-state index contributed by atoms with van der Waals surface area (Å²) in [6.07, 6.45) is 1.11. The van der Waals surface area contributed by atoms with Crippen molar-refractivity contribution < 1.29 is 8.42 Å². The molecule has 0 bridgehead atoms. The Balaban J connectivity index is 2.46. The van der Waals surface area contributed by atoms with Gasteiger partial charge in [0.1, 0.15) is 12.0 Å². The highest BCUT2D eigenvalue weighted by Gasteiger charge is 2.20. The van der Waals surface area contributed by atoms with E-state index in [1.165, 1.54) is 18.2 Å². The molecule has 1 aromatic heterocycles. The molecule has 0 aliphatic carbocycles. The third kappa shape index (κ3) is 3.45. The third-order valence-corrected chi connectivity index (χ3v) is 4.48. The molecule has 2 aromatic rings. The summed E-state index contributed by atoms with van der Waals surface area (Å²) in [5.74, 6) is 0. The van der Waals surface area contributed by atoms with Gasteiger partial charge in [0.05, 0.1) is 4.90 Å². The fourth-order valence-electron chi connectivity index (χ4n) is 1.31. The van der Waals surface area contributed by atoms with Crippen LogP contribution in [0, 0.1) is 0 Å². The zero-order valence-electron chi connectivity index (χ0n) is 9.44. The molecule has 0 aliphatic heterocycles. The number of sulfonamides is 1. The van der Waals surface area contributed by atoms with Crippen molar-refractivity contribution in [2.45, 2.75) is 4.90 Å². The molecule has 0 unspecified atom stereocenters. The van der Waals surface area contributed by atoms with E-state index in [-0.39, 0.29) is 30.9 Å². The quantitative estimate of drug-likeness (QED) is 0.829. The molecule has 1 N–H and O–H groups in total. The Morgan fingerprint density at radius 3 is 1.90 bits per heavy atom. The molecular weight excluding hydrogens is 368 g/mol. The van der Waals surface area contributed by atoms with Crippen LogP contribution in [0.5, 0.6) is 0 Å². The molecule has 20 heavy (non-hydrogen) atoms. The van der Waals surface area contributed by atoms with Crippen LogP contribution in [0.2, 0.25) is 20.4 Å². The second-order valence-corrected chi connectivity index (χ2v) is 6.81. The van der Waals surface area contributed by atoms with E-state index in [9.17, 15) is 8.42 Å². The standard InChI is InChI=1S/C10H5Cl4N3O2S/c11-5-1-6(12)3-7(2-5)20(18,19)17-8-9(13)15-4-16-10(8)14/h1-4,17H. The largest absolute Gasteiger partial charge is 0.274 e. The molecule has 0 amide bonds. The Bertz CT molecular complexity index is 727. The fraction of sp³-hybridized carbons (Fsp3) is 0. The van der Waals surface area contributed by atoms with Gasteiger partial charge in [-0.25, -0.2) is 18.4 Å². The summed E-state index contributed by atoms with van der Waals surface area (Å²) in [6.45, 7) is 0. The third-order valence-electron chi connectivity index (χ3n) is 2.14. The van der Waals surface area contributed by atoms with Crippen molar-refractivity contribution in [1.29, 1.82) is 0 Å². The molecule has 5 nitrogen and oxygen atoms in total. The molecule has 0 radical (unpaired) electrons. The molecule has 0 saturated carbocycles. The molecule has 0 atom stereocenters.